The summed E-state index contributed by atoms with van der Waals surface area (Å²) in [6.45, 7) is 2.88. The molecule has 0 bridgehead atoms. The van der Waals surface area contributed by atoms with Gasteiger partial charge in [-0.25, -0.2) is 9.07 Å². The number of unbranched alkanes of at least 4 members (excludes halogenated alkanes) is 3. The summed E-state index contributed by atoms with van der Waals surface area (Å²) in [7, 11) is 0. The molecule has 102 valence electrons. The van der Waals surface area contributed by atoms with Gasteiger partial charge in [0, 0.05) is 17.8 Å². The molecule has 1 aromatic carbocycles. The molecule has 0 fully saturated rings. The fourth-order valence-corrected chi connectivity index (χ4v) is 1.96. The summed E-state index contributed by atoms with van der Waals surface area (Å²) in [5.74, 6) is 0.179. The van der Waals surface area contributed by atoms with E-state index < -0.39 is 0 Å². The highest BCUT2D eigenvalue weighted by atomic mass is 19.1. The van der Waals surface area contributed by atoms with E-state index in [1.807, 2.05) is 0 Å². The van der Waals surface area contributed by atoms with E-state index in [4.69, 9.17) is 5.73 Å². The summed E-state index contributed by atoms with van der Waals surface area (Å²) in [5, 5.41) is 11.5. The number of aryl methyl sites for hydroxylation is 1. The quantitative estimate of drug-likeness (QED) is 0.642. The van der Waals surface area contributed by atoms with E-state index in [1.54, 1.807) is 4.68 Å². The van der Waals surface area contributed by atoms with Crippen molar-refractivity contribution in [3.05, 3.63) is 24.0 Å². The molecule has 2 N–H and O–H groups in total. The number of nitrogen functional groups attached to an aromatic ring is 1. The molecule has 0 spiro atoms. The molecule has 0 aliphatic carbocycles. The number of hydrogen-bond acceptors (Lipinski definition) is 4. The highest BCUT2D eigenvalue weighted by molar-refractivity contribution is 5.71. The average molecular weight is 263 g/mol. The van der Waals surface area contributed by atoms with Crippen molar-refractivity contribution in [1.82, 2.24) is 20.2 Å². The zero-order valence-corrected chi connectivity index (χ0v) is 11.0. The smallest absolute Gasteiger partial charge is 0.184 e. The number of anilines is 1. The number of hydrogen-bond donors (Lipinski definition) is 1. The Bertz CT molecular complexity index is 538. The first-order valence-electron chi connectivity index (χ1n) is 6.54. The molecule has 6 heteroatoms. The molecule has 2 rings (SSSR count). The molecule has 19 heavy (non-hydrogen) atoms. The van der Waals surface area contributed by atoms with Gasteiger partial charge in [-0.2, -0.15) is 0 Å². The fourth-order valence-electron chi connectivity index (χ4n) is 1.96. The topological polar surface area (TPSA) is 69.6 Å². The minimum absolute atomic E-state index is 0.343. The van der Waals surface area contributed by atoms with E-state index in [0.29, 0.717) is 17.1 Å². The lowest BCUT2D eigenvalue weighted by molar-refractivity contribution is 0.531. The number of rotatable bonds is 6. The Morgan fingerprint density at radius 2 is 2.11 bits per heavy atom. The Balaban J connectivity index is 2.16. The summed E-state index contributed by atoms with van der Waals surface area (Å²) >= 11 is 0. The zero-order chi connectivity index (χ0) is 13.7. The number of nitrogens with zero attached hydrogens (tertiary/aromatic N) is 4. The molecule has 0 aliphatic heterocycles. The minimum atomic E-state index is -0.343. The van der Waals surface area contributed by atoms with Crippen molar-refractivity contribution in [2.75, 3.05) is 5.73 Å². The first-order valence-corrected chi connectivity index (χ1v) is 6.54. The molecule has 2 aromatic rings. The van der Waals surface area contributed by atoms with Crippen LogP contribution in [0.2, 0.25) is 0 Å². The largest absolute Gasteiger partial charge is 0.398 e. The van der Waals surface area contributed by atoms with Crippen LogP contribution in [0.3, 0.4) is 0 Å². The van der Waals surface area contributed by atoms with Gasteiger partial charge in [0.25, 0.3) is 0 Å². The number of halogens is 1. The van der Waals surface area contributed by atoms with Gasteiger partial charge in [0.15, 0.2) is 5.82 Å². The summed E-state index contributed by atoms with van der Waals surface area (Å²) in [4.78, 5) is 0. The van der Waals surface area contributed by atoms with Crippen LogP contribution in [0.15, 0.2) is 18.2 Å². The molecule has 0 saturated heterocycles. The normalized spacial score (nSPS) is 10.8. The number of aromatic nitrogens is 4. The van der Waals surface area contributed by atoms with Crippen LogP contribution in [0.25, 0.3) is 11.4 Å². The number of benzene rings is 1. The summed E-state index contributed by atoms with van der Waals surface area (Å²) in [6.07, 6.45) is 4.51. The molecule has 0 atom stereocenters. The van der Waals surface area contributed by atoms with Crippen LogP contribution >= 0.6 is 0 Å². The highest BCUT2D eigenvalue weighted by Crippen LogP contribution is 2.24. The first kappa shape index (κ1) is 13.5. The third kappa shape index (κ3) is 3.27. The van der Waals surface area contributed by atoms with E-state index in [-0.39, 0.29) is 5.82 Å². The van der Waals surface area contributed by atoms with Gasteiger partial charge in [0.1, 0.15) is 5.82 Å². The van der Waals surface area contributed by atoms with Crippen LogP contribution in [0.5, 0.6) is 0 Å². The van der Waals surface area contributed by atoms with Gasteiger partial charge in [-0.3, -0.25) is 0 Å². The van der Waals surface area contributed by atoms with E-state index in [0.717, 1.165) is 19.4 Å². The molecule has 0 aliphatic rings. The van der Waals surface area contributed by atoms with Crippen molar-refractivity contribution < 1.29 is 4.39 Å². The van der Waals surface area contributed by atoms with E-state index in [2.05, 4.69) is 22.4 Å². The van der Waals surface area contributed by atoms with E-state index in [9.17, 15) is 4.39 Å². The second-order valence-corrected chi connectivity index (χ2v) is 4.52. The third-order valence-electron chi connectivity index (χ3n) is 3.01. The molecular formula is C13H18FN5. The molecular weight excluding hydrogens is 245 g/mol. The van der Waals surface area contributed by atoms with Crippen LogP contribution in [-0.4, -0.2) is 20.2 Å². The van der Waals surface area contributed by atoms with E-state index >= 15 is 0 Å². The number of tetrazole rings is 1. The average Bonchev–Trinajstić information content (AvgIpc) is 2.86. The lowest BCUT2D eigenvalue weighted by Crippen LogP contribution is -2.04. The van der Waals surface area contributed by atoms with Gasteiger partial charge in [0.05, 0.1) is 0 Å². The molecule has 5 nitrogen and oxygen atoms in total. The number of nitrogens with two attached hydrogens (primary N) is 1. The first-order chi connectivity index (χ1) is 9.22. The van der Waals surface area contributed by atoms with Crippen molar-refractivity contribution in [2.24, 2.45) is 0 Å². The van der Waals surface area contributed by atoms with E-state index in [1.165, 1.54) is 31.0 Å². The maximum atomic E-state index is 13.3. The van der Waals surface area contributed by atoms with Gasteiger partial charge in [-0.1, -0.05) is 26.2 Å². The Morgan fingerprint density at radius 3 is 2.89 bits per heavy atom. The Kier molecular flexibility index (Phi) is 4.43. The van der Waals surface area contributed by atoms with Gasteiger partial charge >= 0.3 is 0 Å². The van der Waals surface area contributed by atoms with Gasteiger partial charge in [-0.15, -0.1) is 5.10 Å². The van der Waals surface area contributed by atoms with Crippen LogP contribution in [0.4, 0.5) is 10.1 Å². The third-order valence-corrected chi connectivity index (χ3v) is 3.01. The Morgan fingerprint density at radius 1 is 1.26 bits per heavy atom. The predicted octanol–water partition coefficient (Wildman–Crippen LogP) is 2.64. The molecule has 1 aromatic heterocycles. The van der Waals surface area contributed by atoms with Crippen molar-refractivity contribution in [2.45, 2.75) is 39.2 Å². The fraction of sp³-hybridized carbons (Fsp3) is 0.462. The van der Waals surface area contributed by atoms with Gasteiger partial charge in [0.2, 0.25) is 0 Å². The van der Waals surface area contributed by atoms with Crippen LogP contribution in [0.1, 0.15) is 32.6 Å². The molecule has 0 amide bonds. The van der Waals surface area contributed by atoms with Crippen molar-refractivity contribution in [3.63, 3.8) is 0 Å². The van der Waals surface area contributed by atoms with Gasteiger partial charge in [-0.05, 0) is 35.0 Å². The standard InChI is InChI=1S/C13H18FN5/c1-2-3-4-5-8-19-13(16-17-18-19)11-9-10(14)6-7-12(11)15/h6-7,9H,2-5,8,15H2,1H3. The summed E-state index contributed by atoms with van der Waals surface area (Å²) in [5.41, 5.74) is 6.87. The predicted molar refractivity (Wildman–Crippen MR) is 71.8 cm³/mol. The zero-order valence-electron chi connectivity index (χ0n) is 11.0. The lowest BCUT2D eigenvalue weighted by atomic mass is 10.1. The monoisotopic (exact) mass is 263 g/mol. The Labute approximate surface area is 111 Å². The van der Waals surface area contributed by atoms with Gasteiger partial charge < -0.3 is 5.73 Å². The minimum Gasteiger partial charge on any atom is -0.398 e. The van der Waals surface area contributed by atoms with Crippen molar-refractivity contribution in [3.8, 4) is 11.4 Å². The molecule has 0 radical (unpaired) electrons. The molecule has 1 heterocycles. The van der Waals surface area contributed by atoms with Crippen LogP contribution in [-0.2, 0) is 6.54 Å². The summed E-state index contributed by atoms with van der Waals surface area (Å²) in [6, 6.07) is 4.22. The molecule has 0 saturated carbocycles. The second-order valence-electron chi connectivity index (χ2n) is 4.52. The second kappa shape index (κ2) is 6.26. The summed E-state index contributed by atoms with van der Waals surface area (Å²) < 4.78 is 15.0. The van der Waals surface area contributed by atoms with Crippen LogP contribution < -0.4 is 5.73 Å². The Hall–Kier alpha value is -1.98. The van der Waals surface area contributed by atoms with Crippen molar-refractivity contribution in [1.29, 1.82) is 0 Å². The molecule has 0 unspecified atom stereocenters. The SMILES string of the molecule is CCCCCCn1nnnc1-c1cc(F)ccc1N. The lowest BCUT2D eigenvalue weighted by Gasteiger charge is -2.07. The maximum absolute atomic E-state index is 13.3. The maximum Gasteiger partial charge on any atom is 0.184 e. The van der Waals surface area contributed by atoms with Crippen molar-refractivity contribution >= 4 is 5.69 Å². The van der Waals surface area contributed by atoms with Crippen LogP contribution in [0, 0.1) is 5.82 Å². The highest BCUT2D eigenvalue weighted by Gasteiger charge is 2.12.